The number of aromatic amines is 1. The Balaban J connectivity index is 1.85. The first kappa shape index (κ1) is 10.8. The molecule has 0 saturated heterocycles. The fraction of sp³-hybridized carbons (Fsp3) is 0.250. The van der Waals surface area contributed by atoms with E-state index >= 15 is 0 Å². The lowest BCUT2D eigenvalue weighted by Crippen LogP contribution is -2.02. The first-order chi connectivity index (χ1) is 8.74. The summed E-state index contributed by atoms with van der Waals surface area (Å²) in [6.07, 6.45) is 3.10. The highest BCUT2D eigenvalue weighted by Crippen LogP contribution is 2.18. The maximum atomic E-state index is 5.60. The number of rotatable bonds is 3. The molecule has 0 atom stereocenters. The number of aromatic nitrogens is 4. The molecule has 3 aromatic rings. The quantitative estimate of drug-likeness (QED) is 0.737. The third kappa shape index (κ3) is 1.81. The van der Waals surface area contributed by atoms with E-state index in [1.807, 2.05) is 19.9 Å². The van der Waals surface area contributed by atoms with Gasteiger partial charge in [0.15, 0.2) is 11.5 Å². The Morgan fingerprint density at radius 2 is 2.17 bits per heavy atom. The van der Waals surface area contributed by atoms with Crippen molar-refractivity contribution in [3.8, 4) is 0 Å². The van der Waals surface area contributed by atoms with Crippen molar-refractivity contribution in [1.82, 2.24) is 19.9 Å². The molecule has 3 rings (SSSR count). The average Bonchev–Trinajstić information content (AvgIpc) is 2.93. The predicted octanol–water partition coefficient (Wildman–Crippen LogP) is 2.17. The van der Waals surface area contributed by atoms with Gasteiger partial charge in [-0.15, -0.1) is 0 Å². The second kappa shape index (κ2) is 4.14. The van der Waals surface area contributed by atoms with Gasteiger partial charge in [0.1, 0.15) is 23.4 Å². The number of hydrogen-bond acceptors (Lipinski definition) is 5. The lowest BCUT2D eigenvalue weighted by molar-refractivity contribution is 0.488. The van der Waals surface area contributed by atoms with Gasteiger partial charge < -0.3 is 14.7 Å². The molecular formula is C12H13N5O. The molecule has 18 heavy (non-hydrogen) atoms. The Kier molecular flexibility index (Phi) is 2.47. The lowest BCUT2D eigenvalue weighted by atomic mass is 10.2. The van der Waals surface area contributed by atoms with Crippen LogP contribution < -0.4 is 5.32 Å². The molecular weight excluding hydrogens is 230 g/mol. The molecule has 0 saturated carbocycles. The monoisotopic (exact) mass is 243 g/mol. The van der Waals surface area contributed by atoms with Gasteiger partial charge in [0.05, 0.1) is 12.9 Å². The van der Waals surface area contributed by atoms with E-state index in [4.69, 9.17) is 4.42 Å². The zero-order chi connectivity index (χ0) is 12.5. The summed E-state index contributed by atoms with van der Waals surface area (Å²) in [4.78, 5) is 15.4. The minimum absolute atomic E-state index is 0.588. The molecule has 0 aromatic carbocycles. The Bertz CT molecular complexity index is 685. The van der Waals surface area contributed by atoms with Crippen molar-refractivity contribution in [2.24, 2.45) is 0 Å². The van der Waals surface area contributed by atoms with Crippen molar-refractivity contribution in [2.75, 3.05) is 5.32 Å². The standard InChI is InChI=1S/C12H13N5O/c1-7-3-8(2)18-9(7)4-13-11-10-12(15-5-14-10)17-6-16-11/h3,5-6H,4H2,1-2H3,(H2,13,14,15,16,17). The zero-order valence-electron chi connectivity index (χ0n) is 10.2. The van der Waals surface area contributed by atoms with Gasteiger partial charge in [-0.2, -0.15) is 0 Å². The van der Waals surface area contributed by atoms with Gasteiger partial charge >= 0.3 is 0 Å². The second-order valence-electron chi connectivity index (χ2n) is 4.14. The van der Waals surface area contributed by atoms with Crippen LogP contribution in [0.25, 0.3) is 11.2 Å². The number of nitrogens with one attached hydrogen (secondary N) is 2. The van der Waals surface area contributed by atoms with Crippen LogP contribution in [0.15, 0.2) is 23.1 Å². The van der Waals surface area contributed by atoms with Gasteiger partial charge in [0.2, 0.25) is 0 Å². The Labute approximate surface area is 103 Å². The van der Waals surface area contributed by atoms with E-state index in [1.165, 1.54) is 6.33 Å². The van der Waals surface area contributed by atoms with E-state index in [1.54, 1.807) is 6.33 Å². The first-order valence-corrected chi connectivity index (χ1v) is 5.68. The third-order valence-electron chi connectivity index (χ3n) is 2.78. The molecule has 6 heteroatoms. The molecule has 0 bridgehead atoms. The molecule has 0 aliphatic heterocycles. The van der Waals surface area contributed by atoms with Crippen molar-refractivity contribution >= 4 is 17.0 Å². The molecule has 0 radical (unpaired) electrons. The molecule has 0 aliphatic rings. The molecule has 6 nitrogen and oxygen atoms in total. The van der Waals surface area contributed by atoms with Crippen LogP contribution in [0.3, 0.4) is 0 Å². The predicted molar refractivity (Wildman–Crippen MR) is 67.2 cm³/mol. The van der Waals surface area contributed by atoms with Gasteiger partial charge in [-0.05, 0) is 25.5 Å². The number of fused-ring (bicyclic) bond motifs is 1. The van der Waals surface area contributed by atoms with Crippen LogP contribution in [-0.2, 0) is 6.54 Å². The average molecular weight is 243 g/mol. The number of imidazole rings is 1. The molecule has 0 amide bonds. The SMILES string of the molecule is Cc1cc(C)c(CNc2ncnc3nc[nH]c23)o1. The van der Waals surface area contributed by atoms with Crippen molar-refractivity contribution in [3.63, 3.8) is 0 Å². The summed E-state index contributed by atoms with van der Waals surface area (Å²) in [5, 5.41) is 3.23. The van der Waals surface area contributed by atoms with Gasteiger partial charge in [0, 0.05) is 0 Å². The number of hydrogen-bond donors (Lipinski definition) is 2. The lowest BCUT2D eigenvalue weighted by Gasteiger charge is -2.04. The minimum atomic E-state index is 0.588. The summed E-state index contributed by atoms with van der Waals surface area (Å²) in [6.45, 7) is 4.55. The fourth-order valence-corrected chi connectivity index (χ4v) is 1.93. The van der Waals surface area contributed by atoms with E-state index in [0.717, 1.165) is 28.4 Å². The van der Waals surface area contributed by atoms with Crippen molar-refractivity contribution in [3.05, 3.63) is 35.8 Å². The van der Waals surface area contributed by atoms with Crippen LogP contribution in [0.5, 0.6) is 0 Å². The largest absolute Gasteiger partial charge is 0.464 e. The number of furan rings is 1. The normalized spacial score (nSPS) is 11.0. The Hall–Kier alpha value is -2.37. The number of nitrogens with zero attached hydrogens (tertiary/aromatic N) is 3. The molecule has 0 unspecified atom stereocenters. The second-order valence-corrected chi connectivity index (χ2v) is 4.14. The molecule has 2 N–H and O–H groups in total. The smallest absolute Gasteiger partial charge is 0.182 e. The molecule has 3 heterocycles. The highest BCUT2D eigenvalue weighted by Gasteiger charge is 2.08. The highest BCUT2D eigenvalue weighted by atomic mass is 16.3. The molecule has 3 aromatic heterocycles. The molecule has 0 aliphatic carbocycles. The number of H-pyrrole nitrogens is 1. The summed E-state index contributed by atoms with van der Waals surface area (Å²) in [6, 6.07) is 2.02. The maximum absolute atomic E-state index is 5.60. The van der Waals surface area contributed by atoms with Gasteiger partial charge in [0.25, 0.3) is 0 Å². The van der Waals surface area contributed by atoms with Crippen LogP contribution in [-0.4, -0.2) is 19.9 Å². The van der Waals surface area contributed by atoms with Crippen LogP contribution in [0.4, 0.5) is 5.82 Å². The van der Waals surface area contributed by atoms with Gasteiger partial charge in [-0.3, -0.25) is 0 Å². The van der Waals surface area contributed by atoms with Crippen molar-refractivity contribution in [1.29, 1.82) is 0 Å². The van der Waals surface area contributed by atoms with E-state index in [2.05, 4.69) is 25.3 Å². The summed E-state index contributed by atoms with van der Waals surface area (Å²) >= 11 is 0. The summed E-state index contributed by atoms with van der Waals surface area (Å²) in [7, 11) is 0. The van der Waals surface area contributed by atoms with E-state index in [0.29, 0.717) is 12.2 Å². The van der Waals surface area contributed by atoms with Crippen LogP contribution in [0.2, 0.25) is 0 Å². The van der Waals surface area contributed by atoms with Crippen molar-refractivity contribution < 1.29 is 4.42 Å². The third-order valence-corrected chi connectivity index (χ3v) is 2.78. The van der Waals surface area contributed by atoms with Crippen LogP contribution in [0.1, 0.15) is 17.1 Å². The van der Waals surface area contributed by atoms with E-state index in [9.17, 15) is 0 Å². The Morgan fingerprint density at radius 3 is 2.94 bits per heavy atom. The van der Waals surface area contributed by atoms with Gasteiger partial charge in [-0.25, -0.2) is 15.0 Å². The fourth-order valence-electron chi connectivity index (χ4n) is 1.93. The number of anilines is 1. The van der Waals surface area contributed by atoms with Crippen LogP contribution in [0, 0.1) is 13.8 Å². The topological polar surface area (TPSA) is 79.6 Å². The number of aryl methyl sites for hydroxylation is 2. The van der Waals surface area contributed by atoms with E-state index in [-0.39, 0.29) is 0 Å². The first-order valence-electron chi connectivity index (χ1n) is 5.68. The molecule has 92 valence electrons. The van der Waals surface area contributed by atoms with E-state index < -0.39 is 0 Å². The maximum Gasteiger partial charge on any atom is 0.182 e. The Morgan fingerprint density at radius 1 is 1.28 bits per heavy atom. The minimum Gasteiger partial charge on any atom is -0.464 e. The molecule has 0 spiro atoms. The summed E-state index contributed by atoms with van der Waals surface area (Å²) in [5.41, 5.74) is 2.59. The zero-order valence-corrected chi connectivity index (χ0v) is 10.2. The highest BCUT2D eigenvalue weighted by molar-refractivity contribution is 5.81. The summed E-state index contributed by atoms with van der Waals surface area (Å²) < 4.78 is 5.60. The van der Waals surface area contributed by atoms with Crippen molar-refractivity contribution in [2.45, 2.75) is 20.4 Å². The van der Waals surface area contributed by atoms with Gasteiger partial charge in [-0.1, -0.05) is 0 Å². The molecule has 0 fully saturated rings. The van der Waals surface area contributed by atoms with Crippen LogP contribution >= 0.6 is 0 Å². The summed E-state index contributed by atoms with van der Waals surface area (Å²) in [5.74, 6) is 2.56.